The van der Waals surface area contributed by atoms with Crippen LogP contribution in [0.15, 0.2) is 41.2 Å². The van der Waals surface area contributed by atoms with Gasteiger partial charge in [-0.2, -0.15) is 10.4 Å². The second-order valence-electron chi connectivity index (χ2n) is 5.78. The van der Waals surface area contributed by atoms with E-state index in [1.807, 2.05) is 32.9 Å². The van der Waals surface area contributed by atoms with Crippen LogP contribution in [0.2, 0.25) is 0 Å². The van der Waals surface area contributed by atoms with Gasteiger partial charge in [-0.25, -0.2) is 4.68 Å². The van der Waals surface area contributed by atoms with E-state index in [2.05, 4.69) is 11.2 Å². The van der Waals surface area contributed by atoms with Crippen molar-refractivity contribution in [2.45, 2.75) is 39.8 Å². The Labute approximate surface area is 147 Å². The van der Waals surface area contributed by atoms with Gasteiger partial charge in [0, 0.05) is 19.2 Å². The topological polar surface area (TPSA) is 79.0 Å². The number of carbonyl (C=O) groups is 1. The van der Waals surface area contributed by atoms with Gasteiger partial charge in [-0.15, -0.1) is 0 Å². The normalized spacial score (nSPS) is 11.6. The Balaban J connectivity index is 2.29. The van der Waals surface area contributed by atoms with Crippen molar-refractivity contribution in [3.8, 4) is 6.07 Å². The van der Waals surface area contributed by atoms with Crippen LogP contribution in [0.5, 0.6) is 0 Å². The van der Waals surface area contributed by atoms with Crippen molar-refractivity contribution in [3.05, 3.63) is 63.6 Å². The molecule has 0 aliphatic carbocycles. The largest absolute Gasteiger partial charge is 0.331 e. The Morgan fingerprint density at radius 1 is 1.24 bits per heavy atom. The van der Waals surface area contributed by atoms with Crippen LogP contribution in [0.3, 0.4) is 0 Å². The zero-order valence-electron chi connectivity index (χ0n) is 14.8. The Morgan fingerprint density at radius 3 is 2.48 bits per heavy atom. The highest BCUT2D eigenvalue weighted by atomic mass is 16.2. The zero-order valence-corrected chi connectivity index (χ0v) is 14.8. The Bertz CT molecular complexity index is 834. The summed E-state index contributed by atoms with van der Waals surface area (Å²) >= 11 is 0. The molecule has 0 aliphatic rings. The number of carbonyl (C=O) groups excluding carboxylic acids is 1. The van der Waals surface area contributed by atoms with Crippen molar-refractivity contribution in [1.82, 2.24) is 14.7 Å². The summed E-state index contributed by atoms with van der Waals surface area (Å²) in [5.74, 6) is -0.218. The SMILES string of the molecule is CCCn1nc(C(=O)N(CC)C(C)c2ccc(C#N)cc2)ccc1=O. The fourth-order valence-electron chi connectivity index (χ4n) is 2.69. The van der Waals surface area contributed by atoms with Gasteiger partial charge in [0.15, 0.2) is 0 Å². The molecule has 1 aromatic heterocycles. The van der Waals surface area contributed by atoms with Crippen LogP contribution >= 0.6 is 0 Å². The minimum atomic E-state index is -0.218. The van der Waals surface area contributed by atoms with Gasteiger partial charge >= 0.3 is 0 Å². The molecule has 6 nitrogen and oxygen atoms in total. The smallest absolute Gasteiger partial charge is 0.274 e. The standard InChI is InChI=1S/C19H22N4O2/c1-4-12-23-18(24)11-10-17(21-23)19(25)22(5-2)14(3)16-8-6-15(13-20)7-9-16/h6-11,14H,4-5,12H2,1-3H3. The van der Waals surface area contributed by atoms with Crippen LogP contribution < -0.4 is 5.56 Å². The number of amides is 1. The molecule has 1 aromatic carbocycles. The third-order valence-corrected chi connectivity index (χ3v) is 4.11. The van der Waals surface area contributed by atoms with Crippen molar-refractivity contribution in [3.63, 3.8) is 0 Å². The number of aromatic nitrogens is 2. The summed E-state index contributed by atoms with van der Waals surface area (Å²) in [5.41, 5.74) is 1.58. The summed E-state index contributed by atoms with van der Waals surface area (Å²) in [6.45, 7) is 6.78. The summed E-state index contributed by atoms with van der Waals surface area (Å²) in [6.07, 6.45) is 0.768. The Kier molecular flexibility index (Phi) is 6.07. The van der Waals surface area contributed by atoms with Crippen LogP contribution in [-0.2, 0) is 6.54 Å². The number of benzene rings is 1. The summed E-state index contributed by atoms with van der Waals surface area (Å²) in [4.78, 5) is 26.4. The van der Waals surface area contributed by atoms with Gasteiger partial charge in [-0.3, -0.25) is 9.59 Å². The third-order valence-electron chi connectivity index (χ3n) is 4.11. The maximum absolute atomic E-state index is 12.9. The first kappa shape index (κ1) is 18.4. The highest BCUT2D eigenvalue weighted by molar-refractivity contribution is 5.92. The highest BCUT2D eigenvalue weighted by Gasteiger charge is 2.23. The van der Waals surface area contributed by atoms with E-state index in [0.29, 0.717) is 18.7 Å². The summed E-state index contributed by atoms with van der Waals surface area (Å²) in [7, 11) is 0. The molecule has 0 aliphatic heterocycles. The molecule has 25 heavy (non-hydrogen) atoms. The van der Waals surface area contributed by atoms with E-state index in [9.17, 15) is 9.59 Å². The second-order valence-corrected chi connectivity index (χ2v) is 5.78. The van der Waals surface area contributed by atoms with Crippen molar-refractivity contribution in [1.29, 1.82) is 5.26 Å². The molecule has 2 rings (SSSR count). The fourth-order valence-corrected chi connectivity index (χ4v) is 2.69. The van der Waals surface area contributed by atoms with Crippen LogP contribution in [0.4, 0.5) is 0 Å². The molecule has 1 amide bonds. The van der Waals surface area contributed by atoms with Gasteiger partial charge in [0.25, 0.3) is 11.5 Å². The van der Waals surface area contributed by atoms with Gasteiger partial charge < -0.3 is 4.90 Å². The first-order valence-corrected chi connectivity index (χ1v) is 8.41. The average molecular weight is 338 g/mol. The molecule has 1 heterocycles. The fraction of sp³-hybridized carbons (Fsp3) is 0.368. The molecule has 6 heteroatoms. The van der Waals surface area contributed by atoms with Crippen molar-refractivity contribution in [2.24, 2.45) is 0 Å². The van der Waals surface area contributed by atoms with E-state index in [0.717, 1.165) is 12.0 Å². The molecule has 2 aromatic rings. The molecular weight excluding hydrogens is 316 g/mol. The molecule has 130 valence electrons. The molecule has 0 spiro atoms. The molecule has 0 N–H and O–H groups in total. The van der Waals surface area contributed by atoms with Crippen molar-refractivity contribution < 1.29 is 4.79 Å². The molecular formula is C19H22N4O2. The first-order valence-electron chi connectivity index (χ1n) is 8.41. The van der Waals surface area contributed by atoms with Gasteiger partial charge in [-0.05, 0) is 44.0 Å². The summed E-state index contributed by atoms with van der Waals surface area (Å²) in [6, 6.07) is 12.0. The van der Waals surface area contributed by atoms with Crippen LogP contribution in [0.25, 0.3) is 0 Å². The predicted molar refractivity (Wildman–Crippen MR) is 95.1 cm³/mol. The minimum absolute atomic E-state index is 0.168. The molecule has 0 bridgehead atoms. The van der Waals surface area contributed by atoms with E-state index in [1.165, 1.54) is 16.8 Å². The maximum Gasteiger partial charge on any atom is 0.274 e. The molecule has 1 atom stereocenters. The number of nitrogens with zero attached hydrogens (tertiary/aromatic N) is 4. The highest BCUT2D eigenvalue weighted by Crippen LogP contribution is 2.22. The molecule has 0 saturated carbocycles. The molecule has 0 fully saturated rings. The molecule has 1 unspecified atom stereocenters. The lowest BCUT2D eigenvalue weighted by Gasteiger charge is -2.28. The number of hydrogen-bond donors (Lipinski definition) is 0. The monoisotopic (exact) mass is 338 g/mol. The van der Waals surface area contributed by atoms with Crippen molar-refractivity contribution >= 4 is 5.91 Å². The van der Waals surface area contributed by atoms with E-state index in [1.54, 1.807) is 17.0 Å². The molecule has 0 radical (unpaired) electrons. The number of aryl methyl sites for hydroxylation is 1. The van der Waals surface area contributed by atoms with E-state index < -0.39 is 0 Å². The number of hydrogen-bond acceptors (Lipinski definition) is 4. The van der Waals surface area contributed by atoms with Crippen LogP contribution in [0, 0.1) is 11.3 Å². The third kappa shape index (κ3) is 4.13. The van der Waals surface area contributed by atoms with Crippen LogP contribution in [-0.4, -0.2) is 27.1 Å². The quantitative estimate of drug-likeness (QED) is 0.811. The Morgan fingerprint density at radius 2 is 1.92 bits per heavy atom. The maximum atomic E-state index is 12.9. The van der Waals surface area contributed by atoms with E-state index in [4.69, 9.17) is 5.26 Å². The Hall–Kier alpha value is -2.94. The van der Waals surface area contributed by atoms with E-state index >= 15 is 0 Å². The summed E-state index contributed by atoms with van der Waals surface area (Å²) < 4.78 is 1.33. The first-order chi connectivity index (χ1) is 12.0. The lowest BCUT2D eigenvalue weighted by molar-refractivity contribution is 0.0693. The van der Waals surface area contributed by atoms with Gasteiger partial charge in [0.1, 0.15) is 5.69 Å². The number of nitriles is 1. The summed E-state index contributed by atoms with van der Waals surface area (Å²) in [5, 5.41) is 13.1. The second kappa shape index (κ2) is 8.25. The number of rotatable bonds is 6. The lowest BCUT2D eigenvalue weighted by atomic mass is 10.0. The van der Waals surface area contributed by atoms with Crippen LogP contribution in [0.1, 0.15) is 54.8 Å². The minimum Gasteiger partial charge on any atom is -0.331 e. The van der Waals surface area contributed by atoms with Gasteiger partial charge in [-0.1, -0.05) is 19.1 Å². The average Bonchev–Trinajstić information content (AvgIpc) is 2.64. The zero-order chi connectivity index (χ0) is 18.4. The van der Waals surface area contributed by atoms with Gasteiger partial charge in [0.05, 0.1) is 17.7 Å². The van der Waals surface area contributed by atoms with E-state index in [-0.39, 0.29) is 23.2 Å². The molecule has 0 saturated heterocycles. The van der Waals surface area contributed by atoms with Crippen molar-refractivity contribution in [2.75, 3.05) is 6.54 Å². The lowest BCUT2D eigenvalue weighted by Crippen LogP contribution is -2.35. The predicted octanol–water partition coefficient (Wildman–Crippen LogP) is 2.75. The van der Waals surface area contributed by atoms with Gasteiger partial charge in [0.2, 0.25) is 0 Å².